The lowest BCUT2D eigenvalue weighted by Crippen LogP contribution is -2.14. The third-order valence-corrected chi connectivity index (χ3v) is 5.72. The van der Waals surface area contributed by atoms with Gasteiger partial charge in [-0.15, -0.1) is 0 Å². The number of carbonyl (C=O) groups excluding carboxylic acids is 2. The summed E-state index contributed by atoms with van der Waals surface area (Å²) < 4.78 is 31.2. The van der Waals surface area contributed by atoms with Gasteiger partial charge in [-0.2, -0.15) is 5.10 Å². The summed E-state index contributed by atoms with van der Waals surface area (Å²) in [5.41, 5.74) is 1.88. The van der Waals surface area contributed by atoms with Gasteiger partial charge in [0.25, 0.3) is 0 Å². The number of aryl methyl sites for hydroxylation is 3. The molecule has 0 spiro atoms. The third kappa shape index (κ3) is 4.97. The van der Waals surface area contributed by atoms with E-state index in [2.05, 4.69) is 5.10 Å². The lowest BCUT2D eigenvalue weighted by molar-refractivity contribution is -0.129. The number of benzene rings is 2. The van der Waals surface area contributed by atoms with Crippen molar-refractivity contribution in [3.05, 3.63) is 82.6 Å². The number of esters is 1. The van der Waals surface area contributed by atoms with Crippen molar-refractivity contribution in [3.63, 3.8) is 0 Å². The van der Waals surface area contributed by atoms with Crippen LogP contribution in [-0.4, -0.2) is 36.2 Å². The Balaban J connectivity index is 1.98. The van der Waals surface area contributed by atoms with Crippen LogP contribution in [0, 0.1) is 13.8 Å². The van der Waals surface area contributed by atoms with Gasteiger partial charge in [-0.25, -0.2) is 17.9 Å². The first kappa shape index (κ1) is 22.2. The molecule has 0 saturated carbocycles. The predicted molar refractivity (Wildman–Crippen MR) is 117 cm³/mol. The molecular weight excluding hydrogens is 416 g/mol. The Morgan fingerprint density at radius 2 is 1.74 bits per heavy atom. The van der Waals surface area contributed by atoms with Gasteiger partial charge in [-0.1, -0.05) is 36.4 Å². The first-order chi connectivity index (χ1) is 14.6. The van der Waals surface area contributed by atoms with Crippen LogP contribution < -0.4 is 4.74 Å². The van der Waals surface area contributed by atoms with Gasteiger partial charge >= 0.3 is 5.97 Å². The molecule has 0 unspecified atom stereocenters. The molecule has 7 nitrogen and oxygen atoms in total. The predicted octanol–water partition coefficient (Wildman–Crippen LogP) is 3.29. The zero-order valence-electron chi connectivity index (χ0n) is 17.6. The third-order valence-electron chi connectivity index (χ3n) is 4.59. The fourth-order valence-electron chi connectivity index (χ4n) is 3.13. The molecule has 0 atom stereocenters. The summed E-state index contributed by atoms with van der Waals surface area (Å²) in [7, 11) is -2.12. The molecule has 0 aliphatic heterocycles. The lowest BCUT2D eigenvalue weighted by Gasteiger charge is -2.10. The first-order valence-electron chi connectivity index (χ1n) is 9.42. The van der Waals surface area contributed by atoms with E-state index >= 15 is 0 Å². The topological polar surface area (TPSA) is 95.3 Å². The molecule has 1 heterocycles. The molecule has 0 aliphatic carbocycles. The minimum absolute atomic E-state index is 0.00123. The van der Waals surface area contributed by atoms with E-state index in [0.29, 0.717) is 11.3 Å². The number of aromatic nitrogens is 2. The zero-order valence-corrected chi connectivity index (χ0v) is 18.4. The highest BCUT2D eigenvalue weighted by Crippen LogP contribution is 2.28. The molecule has 0 bridgehead atoms. The Hall–Kier alpha value is -3.52. The smallest absolute Gasteiger partial charge is 0.337 e. The summed E-state index contributed by atoms with van der Waals surface area (Å²) in [5, 5.41) is 4.18. The SMILES string of the molecule is Cc1ccc(C(=O)c2c(C)nn(C)c2OC(=O)/C=C/c2ccccc2)c(S(C)(=O)=O)c1. The molecule has 2 aromatic carbocycles. The number of nitrogens with zero attached hydrogens (tertiary/aromatic N) is 2. The molecule has 160 valence electrons. The quantitative estimate of drug-likeness (QED) is 0.333. The fourth-order valence-corrected chi connectivity index (χ4v) is 4.09. The maximum atomic E-state index is 13.3. The van der Waals surface area contributed by atoms with E-state index in [1.165, 1.54) is 22.9 Å². The summed E-state index contributed by atoms with van der Waals surface area (Å²) >= 11 is 0. The van der Waals surface area contributed by atoms with E-state index in [-0.39, 0.29) is 21.9 Å². The summed E-state index contributed by atoms with van der Waals surface area (Å²) in [6, 6.07) is 13.8. The molecule has 0 amide bonds. The summed E-state index contributed by atoms with van der Waals surface area (Å²) in [6.45, 7) is 3.34. The Morgan fingerprint density at radius 3 is 2.39 bits per heavy atom. The minimum Gasteiger partial charge on any atom is -0.404 e. The van der Waals surface area contributed by atoms with Crippen LogP contribution in [0.25, 0.3) is 6.08 Å². The summed E-state index contributed by atoms with van der Waals surface area (Å²) in [6.07, 6.45) is 3.89. The lowest BCUT2D eigenvalue weighted by atomic mass is 10.0. The molecule has 8 heteroatoms. The van der Waals surface area contributed by atoms with E-state index in [1.54, 1.807) is 33.0 Å². The number of sulfone groups is 1. The van der Waals surface area contributed by atoms with Crippen molar-refractivity contribution in [1.82, 2.24) is 9.78 Å². The van der Waals surface area contributed by atoms with Crippen LogP contribution >= 0.6 is 0 Å². The van der Waals surface area contributed by atoms with Gasteiger partial charge < -0.3 is 4.74 Å². The van der Waals surface area contributed by atoms with Crippen LogP contribution in [0.3, 0.4) is 0 Å². The van der Waals surface area contributed by atoms with Crippen molar-refractivity contribution < 1.29 is 22.7 Å². The number of carbonyl (C=O) groups is 2. The van der Waals surface area contributed by atoms with Gasteiger partial charge in [-0.05, 0) is 43.2 Å². The Morgan fingerprint density at radius 1 is 1.06 bits per heavy atom. The highest BCUT2D eigenvalue weighted by atomic mass is 32.2. The summed E-state index contributed by atoms with van der Waals surface area (Å²) in [4.78, 5) is 25.6. The van der Waals surface area contributed by atoms with Crippen molar-refractivity contribution in [2.75, 3.05) is 6.26 Å². The van der Waals surface area contributed by atoms with Gasteiger partial charge in [-0.3, -0.25) is 4.79 Å². The normalized spacial score (nSPS) is 11.6. The molecule has 3 rings (SSSR count). The Kier molecular flexibility index (Phi) is 6.21. The molecule has 0 radical (unpaired) electrons. The first-order valence-corrected chi connectivity index (χ1v) is 11.3. The Labute approximate surface area is 180 Å². The maximum absolute atomic E-state index is 13.3. The molecule has 3 aromatic rings. The average Bonchev–Trinajstić information content (AvgIpc) is 2.99. The van der Waals surface area contributed by atoms with Crippen molar-refractivity contribution in [2.45, 2.75) is 18.7 Å². The van der Waals surface area contributed by atoms with E-state index in [4.69, 9.17) is 4.74 Å². The second kappa shape index (κ2) is 8.69. The van der Waals surface area contributed by atoms with Crippen LogP contribution in [0.2, 0.25) is 0 Å². The largest absolute Gasteiger partial charge is 0.404 e. The van der Waals surface area contributed by atoms with E-state index in [0.717, 1.165) is 11.8 Å². The van der Waals surface area contributed by atoms with E-state index < -0.39 is 21.6 Å². The van der Waals surface area contributed by atoms with Gasteiger partial charge in [0, 0.05) is 24.9 Å². The van der Waals surface area contributed by atoms with Crippen molar-refractivity contribution in [1.29, 1.82) is 0 Å². The van der Waals surface area contributed by atoms with Gasteiger partial charge in [0.05, 0.1) is 10.6 Å². The van der Waals surface area contributed by atoms with Crippen molar-refractivity contribution >= 4 is 27.7 Å². The maximum Gasteiger partial charge on any atom is 0.337 e. The molecule has 1 aromatic heterocycles. The minimum atomic E-state index is -3.66. The van der Waals surface area contributed by atoms with Crippen molar-refractivity contribution in [2.24, 2.45) is 7.05 Å². The molecule has 0 aliphatic rings. The summed E-state index contributed by atoms with van der Waals surface area (Å²) in [5.74, 6) is -1.32. The zero-order chi connectivity index (χ0) is 22.8. The van der Waals surface area contributed by atoms with E-state index in [9.17, 15) is 18.0 Å². The Bertz CT molecular complexity index is 1290. The highest BCUT2D eigenvalue weighted by Gasteiger charge is 2.28. The van der Waals surface area contributed by atoms with Crippen LogP contribution in [0.15, 0.2) is 59.5 Å². The molecule has 0 N–H and O–H groups in total. The average molecular weight is 439 g/mol. The second-order valence-corrected chi connectivity index (χ2v) is 9.14. The van der Waals surface area contributed by atoms with E-state index in [1.807, 2.05) is 30.3 Å². The van der Waals surface area contributed by atoms with Gasteiger partial charge in [0.15, 0.2) is 9.84 Å². The molecule has 0 fully saturated rings. The monoisotopic (exact) mass is 438 g/mol. The standard InChI is InChI=1S/C23H22N2O5S/c1-15-10-12-18(19(14-15)31(4,28)29)22(27)21-16(2)24-25(3)23(21)30-20(26)13-11-17-8-6-5-7-9-17/h5-14H,1-4H3/b13-11+. The van der Waals surface area contributed by atoms with Gasteiger partial charge in [0.2, 0.25) is 11.7 Å². The van der Waals surface area contributed by atoms with Crippen LogP contribution in [0.5, 0.6) is 5.88 Å². The number of hydrogen-bond donors (Lipinski definition) is 0. The molecular formula is C23H22N2O5S. The van der Waals surface area contributed by atoms with Crippen molar-refractivity contribution in [3.8, 4) is 5.88 Å². The second-order valence-electron chi connectivity index (χ2n) is 7.16. The number of ketones is 1. The highest BCUT2D eigenvalue weighted by molar-refractivity contribution is 7.90. The van der Waals surface area contributed by atoms with Crippen LogP contribution in [0.4, 0.5) is 0 Å². The van der Waals surface area contributed by atoms with Gasteiger partial charge in [0.1, 0.15) is 5.56 Å². The van der Waals surface area contributed by atoms with Crippen LogP contribution in [0.1, 0.15) is 32.7 Å². The fraction of sp³-hybridized carbons (Fsp3) is 0.174. The number of ether oxygens (including phenoxy) is 1. The number of rotatable bonds is 6. The molecule has 0 saturated heterocycles. The molecule has 31 heavy (non-hydrogen) atoms. The number of hydrogen-bond acceptors (Lipinski definition) is 6. The van der Waals surface area contributed by atoms with Crippen LogP contribution in [-0.2, 0) is 21.7 Å².